The number of nitrogens with zero attached hydrogens (tertiary/aromatic N) is 2. The van der Waals surface area contributed by atoms with E-state index in [0.717, 1.165) is 11.3 Å². The number of esters is 1. The predicted octanol–water partition coefficient (Wildman–Crippen LogP) is -0.205. The fraction of sp³-hybridized carbons (Fsp3) is 0.643. The van der Waals surface area contributed by atoms with Gasteiger partial charge >= 0.3 is 10.8 Å². The zero-order valence-electron chi connectivity index (χ0n) is 13.7. The molecule has 10 heteroatoms. The summed E-state index contributed by atoms with van der Waals surface area (Å²) in [5.41, 5.74) is 0.647. The van der Waals surface area contributed by atoms with Crippen LogP contribution in [0.3, 0.4) is 0 Å². The van der Waals surface area contributed by atoms with Gasteiger partial charge in [0.2, 0.25) is 0 Å². The van der Waals surface area contributed by atoms with Crippen LogP contribution in [0.15, 0.2) is 10.2 Å². The molecule has 1 aromatic rings. The third-order valence-electron chi connectivity index (χ3n) is 4.02. The molecule has 0 unspecified atom stereocenters. The summed E-state index contributed by atoms with van der Waals surface area (Å²) in [6.45, 7) is 2.88. The lowest BCUT2D eigenvalue weighted by atomic mass is 10.2. The molecule has 2 rings (SSSR count). The number of aryl methyl sites for hydroxylation is 1. The minimum atomic E-state index is -3.11. The van der Waals surface area contributed by atoms with Gasteiger partial charge in [-0.15, -0.1) is 0 Å². The van der Waals surface area contributed by atoms with Crippen molar-refractivity contribution in [2.45, 2.75) is 39.0 Å². The molecule has 0 saturated carbocycles. The van der Waals surface area contributed by atoms with Crippen molar-refractivity contribution >= 4 is 33.1 Å². The first kappa shape index (κ1) is 18.7. The highest BCUT2D eigenvalue weighted by atomic mass is 32.2. The maximum atomic E-state index is 12.3. The van der Waals surface area contributed by atoms with Crippen molar-refractivity contribution in [3.8, 4) is 0 Å². The second-order valence-corrected chi connectivity index (χ2v) is 8.92. The number of amides is 1. The molecule has 1 aliphatic rings. The van der Waals surface area contributed by atoms with E-state index in [0.29, 0.717) is 12.1 Å². The number of likely N-dealkylation sites (N-methyl/N-ethyl adjacent to an activating group) is 1. The van der Waals surface area contributed by atoms with Crippen molar-refractivity contribution in [1.82, 2.24) is 9.47 Å². The molecular weight excluding hydrogens is 356 g/mol. The SMILES string of the molecule is Cc1csc(=O)n1CC(=O)O[C@@H](C)C(=O)N(C)[C@@H]1CCS(=O)(=O)C1. The Morgan fingerprint density at radius 1 is 1.50 bits per heavy atom. The van der Waals surface area contributed by atoms with E-state index >= 15 is 0 Å². The Kier molecular flexibility index (Phi) is 5.49. The van der Waals surface area contributed by atoms with E-state index in [-0.39, 0.29) is 22.9 Å². The highest BCUT2D eigenvalue weighted by Crippen LogP contribution is 2.17. The molecular formula is C14H20N2O6S2. The summed E-state index contributed by atoms with van der Waals surface area (Å²) in [7, 11) is -1.60. The standard InChI is InChI=1S/C14H20N2O6S2/c1-9-7-23-14(19)16(9)6-12(17)22-10(2)13(18)15(3)11-4-5-24(20,21)8-11/h7,10-11H,4-6,8H2,1-3H3/t10-,11+/m0/s1. The number of rotatable bonds is 5. The summed E-state index contributed by atoms with van der Waals surface area (Å²) >= 11 is 0.987. The molecule has 0 radical (unpaired) electrons. The first-order valence-electron chi connectivity index (χ1n) is 7.42. The molecule has 0 spiro atoms. The Morgan fingerprint density at radius 2 is 2.17 bits per heavy atom. The predicted molar refractivity (Wildman–Crippen MR) is 88.7 cm³/mol. The number of hydrogen-bond acceptors (Lipinski definition) is 7. The fourth-order valence-electron chi connectivity index (χ4n) is 2.56. The summed E-state index contributed by atoms with van der Waals surface area (Å²) in [5.74, 6) is -1.16. The van der Waals surface area contributed by atoms with Crippen LogP contribution in [0.5, 0.6) is 0 Å². The Balaban J connectivity index is 1.93. The van der Waals surface area contributed by atoms with E-state index in [1.165, 1.54) is 23.4 Å². The van der Waals surface area contributed by atoms with Crippen molar-refractivity contribution in [2.75, 3.05) is 18.6 Å². The number of thiazole rings is 1. The molecule has 0 aliphatic carbocycles. The van der Waals surface area contributed by atoms with Gasteiger partial charge in [0.05, 0.1) is 11.5 Å². The molecule has 1 aliphatic heterocycles. The first-order chi connectivity index (χ1) is 11.1. The highest BCUT2D eigenvalue weighted by molar-refractivity contribution is 7.91. The average molecular weight is 376 g/mol. The van der Waals surface area contributed by atoms with Crippen LogP contribution in [-0.4, -0.2) is 60.5 Å². The first-order valence-corrected chi connectivity index (χ1v) is 10.1. The van der Waals surface area contributed by atoms with E-state index in [9.17, 15) is 22.8 Å². The summed E-state index contributed by atoms with van der Waals surface area (Å²) in [6.07, 6.45) is -0.658. The highest BCUT2D eigenvalue weighted by Gasteiger charge is 2.34. The Hall–Kier alpha value is -1.68. The molecule has 134 valence electrons. The van der Waals surface area contributed by atoms with Gasteiger partial charge in [0, 0.05) is 24.2 Å². The van der Waals surface area contributed by atoms with E-state index in [1.807, 2.05) is 0 Å². The minimum Gasteiger partial charge on any atom is -0.451 e. The molecule has 2 heterocycles. The normalized spacial score (nSPS) is 20.5. The lowest BCUT2D eigenvalue weighted by Crippen LogP contribution is -2.44. The Labute approximate surface area is 143 Å². The van der Waals surface area contributed by atoms with Gasteiger partial charge in [-0.25, -0.2) is 8.42 Å². The van der Waals surface area contributed by atoms with Gasteiger partial charge in [0.15, 0.2) is 15.9 Å². The third-order valence-corrected chi connectivity index (χ3v) is 6.65. The molecule has 24 heavy (non-hydrogen) atoms. The lowest BCUT2D eigenvalue weighted by Gasteiger charge is -2.26. The average Bonchev–Trinajstić information content (AvgIpc) is 3.02. The Bertz CT molecular complexity index is 794. The maximum Gasteiger partial charge on any atom is 0.326 e. The third kappa shape index (κ3) is 4.23. The van der Waals surface area contributed by atoms with Gasteiger partial charge in [-0.2, -0.15) is 0 Å². The van der Waals surface area contributed by atoms with Crippen LogP contribution in [-0.2, 0) is 30.7 Å². The van der Waals surface area contributed by atoms with Gasteiger partial charge in [0.1, 0.15) is 6.54 Å². The van der Waals surface area contributed by atoms with Crippen molar-refractivity contribution in [1.29, 1.82) is 0 Å². The zero-order chi connectivity index (χ0) is 18.1. The summed E-state index contributed by atoms with van der Waals surface area (Å²) in [5, 5.41) is 1.64. The molecule has 1 aromatic heterocycles. The summed E-state index contributed by atoms with van der Waals surface area (Å²) in [4.78, 5) is 36.9. The van der Waals surface area contributed by atoms with Crippen LogP contribution >= 0.6 is 11.3 Å². The number of aromatic nitrogens is 1. The van der Waals surface area contributed by atoms with E-state index in [1.54, 1.807) is 12.3 Å². The molecule has 1 fully saturated rings. The molecule has 0 aromatic carbocycles. The molecule has 0 bridgehead atoms. The van der Waals surface area contributed by atoms with Crippen molar-refractivity contribution in [3.63, 3.8) is 0 Å². The minimum absolute atomic E-state index is 0.0593. The summed E-state index contributed by atoms with van der Waals surface area (Å²) < 4.78 is 29.4. The van der Waals surface area contributed by atoms with Crippen molar-refractivity contribution in [2.24, 2.45) is 0 Å². The van der Waals surface area contributed by atoms with Crippen LogP contribution in [0.4, 0.5) is 0 Å². The van der Waals surface area contributed by atoms with E-state index in [2.05, 4.69) is 0 Å². The van der Waals surface area contributed by atoms with Gasteiger partial charge in [0.25, 0.3) is 5.91 Å². The van der Waals surface area contributed by atoms with Gasteiger partial charge in [-0.1, -0.05) is 11.3 Å². The van der Waals surface area contributed by atoms with Crippen LogP contribution in [0.25, 0.3) is 0 Å². The fourth-order valence-corrected chi connectivity index (χ4v) is 5.07. The molecule has 1 amide bonds. The summed E-state index contributed by atoms with van der Waals surface area (Å²) in [6, 6.07) is -0.398. The number of carbonyl (C=O) groups is 2. The van der Waals surface area contributed by atoms with E-state index in [4.69, 9.17) is 4.74 Å². The van der Waals surface area contributed by atoms with Crippen LogP contribution < -0.4 is 4.87 Å². The second kappa shape index (κ2) is 7.06. The number of carbonyl (C=O) groups excluding carboxylic acids is 2. The van der Waals surface area contributed by atoms with Gasteiger partial charge in [-0.3, -0.25) is 19.0 Å². The number of hydrogen-bond donors (Lipinski definition) is 0. The Morgan fingerprint density at radius 3 is 2.67 bits per heavy atom. The largest absolute Gasteiger partial charge is 0.451 e. The van der Waals surface area contributed by atoms with Crippen LogP contribution in [0, 0.1) is 6.92 Å². The van der Waals surface area contributed by atoms with Crippen LogP contribution in [0.2, 0.25) is 0 Å². The smallest absolute Gasteiger partial charge is 0.326 e. The molecule has 8 nitrogen and oxygen atoms in total. The monoisotopic (exact) mass is 376 g/mol. The number of ether oxygens (including phenoxy) is 1. The maximum absolute atomic E-state index is 12.3. The van der Waals surface area contributed by atoms with Crippen molar-refractivity contribution in [3.05, 3.63) is 20.7 Å². The molecule has 2 atom stereocenters. The lowest BCUT2D eigenvalue weighted by molar-refractivity contribution is -0.159. The van der Waals surface area contributed by atoms with Gasteiger partial charge < -0.3 is 9.64 Å². The van der Waals surface area contributed by atoms with E-state index < -0.39 is 33.9 Å². The number of sulfone groups is 1. The topological polar surface area (TPSA) is 103 Å². The van der Waals surface area contributed by atoms with Crippen LogP contribution in [0.1, 0.15) is 19.0 Å². The molecule has 0 N–H and O–H groups in total. The molecule has 1 saturated heterocycles. The quantitative estimate of drug-likeness (QED) is 0.659. The second-order valence-electron chi connectivity index (χ2n) is 5.87. The zero-order valence-corrected chi connectivity index (χ0v) is 15.4. The van der Waals surface area contributed by atoms with Crippen molar-refractivity contribution < 1.29 is 22.7 Å². The van der Waals surface area contributed by atoms with Gasteiger partial charge in [-0.05, 0) is 20.3 Å².